The van der Waals surface area contributed by atoms with Gasteiger partial charge in [-0.1, -0.05) is 0 Å². The Labute approximate surface area is 83.1 Å². The summed E-state index contributed by atoms with van der Waals surface area (Å²) < 4.78 is 27.8. The average Bonchev–Trinajstić information content (AvgIpc) is 2.03. The molecule has 0 bridgehead atoms. The number of sulfonamides is 1. The van der Waals surface area contributed by atoms with Gasteiger partial charge in [0.15, 0.2) is 5.75 Å². The predicted octanol–water partition coefficient (Wildman–Crippen LogP) is -0.665. The Kier molecular flexibility index (Phi) is 5.12. The molecule has 0 atom stereocenters. The summed E-state index contributed by atoms with van der Waals surface area (Å²) in [5.41, 5.74) is 0. The Morgan fingerprint density at radius 1 is 1.57 bits per heavy atom. The van der Waals surface area contributed by atoms with Crippen LogP contribution in [0.1, 0.15) is 6.92 Å². The van der Waals surface area contributed by atoms with Crippen LogP contribution in [-0.2, 0) is 19.6 Å². The second-order valence-corrected chi connectivity index (χ2v) is 4.55. The number of esters is 1. The van der Waals surface area contributed by atoms with Gasteiger partial charge in [-0.05, 0) is 6.92 Å². The molecule has 0 spiro atoms. The number of carbonyl (C=O) groups excluding carboxylic acids is 1. The Morgan fingerprint density at radius 3 is 2.57 bits per heavy atom. The molecule has 7 heteroatoms. The molecule has 0 rings (SSSR count). The molecule has 0 amide bonds. The minimum Gasteiger partial charge on any atom is -0.465 e. The lowest BCUT2D eigenvalue weighted by Crippen LogP contribution is -2.33. The fourth-order valence-corrected chi connectivity index (χ4v) is 1.52. The maximum atomic E-state index is 11.3. The Morgan fingerprint density at radius 2 is 2.14 bits per heavy atom. The van der Waals surface area contributed by atoms with Gasteiger partial charge in [0, 0.05) is 7.05 Å². The minimum atomic E-state index is -3.71. The highest BCUT2D eigenvalue weighted by Crippen LogP contribution is 1.98. The summed E-state index contributed by atoms with van der Waals surface area (Å²) in [4.78, 5) is 10.9. The lowest BCUT2D eigenvalue weighted by atomic mass is 10.7. The summed E-state index contributed by atoms with van der Waals surface area (Å²) >= 11 is 0. The normalized spacial score (nSPS) is 11.0. The first-order valence-corrected chi connectivity index (χ1v) is 5.51. The van der Waals surface area contributed by atoms with Crippen LogP contribution in [0.2, 0.25) is 0 Å². The fourth-order valence-electron chi connectivity index (χ4n) is 0.660. The van der Waals surface area contributed by atoms with Crippen molar-refractivity contribution in [3.63, 3.8) is 0 Å². The zero-order chi connectivity index (χ0) is 11.2. The van der Waals surface area contributed by atoms with E-state index < -0.39 is 21.7 Å². The molecule has 0 fully saturated rings. The van der Waals surface area contributed by atoms with Crippen molar-refractivity contribution in [1.29, 1.82) is 5.26 Å². The lowest BCUT2D eigenvalue weighted by molar-refractivity contribution is -0.140. The zero-order valence-electron chi connectivity index (χ0n) is 8.06. The van der Waals surface area contributed by atoms with Gasteiger partial charge in [0.2, 0.25) is 10.0 Å². The zero-order valence-corrected chi connectivity index (χ0v) is 8.87. The van der Waals surface area contributed by atoms with Crippen molar-refractivity contribution in [3.05, 3.63) is 0 Å². The molecule has 0 aromatic heterocycles. The molecule has 0 radical (unpaired) electrons. The van der Waals surface area contributed by atoms with E-state index in [2.05, 4.69) is 4.74 Å². The number of carbonyl (C=O) groups is 1. The van der Waals surface area contributed by atoms with Crippen LogP contribution < -0.4 is 0 Å². The molecular weight excluding hydrogens is 208 g/mol. The molecule has 0 saturated heterocycles. The third-order valence-corrected chi connectivity index (χ3v) is 3.05. The summed E-state index contributed by atoms with van der Waals surface area (Å²) in [6.45, 7) is 1.45. The summed E-state index contributed by atoms with van der Waals surface area (Å²) in [6, 6.07) is 1.67. The highest BCUT2D eigenvalue weighted by molar-refractivity contribution is 7.89. The standard InChI is InChI=1S/C7H12N2O4S/c1-3-13-7(10)6-14(11,12)9(2)5-4-8/h3,5-6H2,1-2H3. The number of nitriles is 1. The van der Waals surface area contributed by atoms with Crippen molar-refractivity contribution < 1.29 is 17.9 Å². The van der Waals surface area contributed by atoms with Crippen molar-refractivity contribution in [2.24, 2.45) is 0 Å². The van der Waals surface area contributed by atoms with Crippen molar-refractivity contribution in [3.8, 4) is 6.07 Å². The summed E-state index contributed by atoms with van der Waals surface area (Å²) in [5.74, 6) is -1.53. The second-order valence-electron chi connectivity index (χ2n) is 2.48. The van der Waals surface area contributed by atoms with Crippen LogP contribution in [0.25, 0.3) is 0 Å². The third kappa shape index (κ3) is 4.20. The quantitative estimate of drug-likeness (QED) is 0.453. The van der Waals surface area contributed by atoms with Crippen LogP contribution in [0.5, 0.6) is 0 Å². The average molecular weight is 220 g/mol. The van der Waals surface area contributed by atoms with Gasteiger partial charge in [-0.15, -0.1) is 0 Å². The van der Waals surface area contributed by atoms with Gasteiger partial charge in [0.05, 0.1) is 12.7 Å². The SMILES string of the molecule is CCOC(=O)CS(=O)(=O)N(C)CC#N. The minimum absolute atomic E-state index is 0.135. The number of hydrogen-bond acceptors (Lipinski definition) is 5. The Balaban J connectivity index is 4.36. The lowest BCUT2D eigenvalue weighted by Gasteiger charge is -2.12. The van der Waals surface area contributed by atoms with E-state index >= 15 is 0 Å². The molecule has 0 aliphatic rings. The molecule has 0 aromatic carbocycles. The van der Waals surface area contributed by atoms with E-state index in [9.17, 15) is 13.2 Å². The van der Waals surface area contributed by atoms with E-state index in [1.54, 1.807) is 13.0 Å². The van der Waals surface area contributed by atoms with Gasteiger partial charge in [-0.2, -0.15) is 9.57 Å². The summed E-state index contributed by atoms with van der Waals surface area (Å²) in [7, 11) is -2.47. The van der Waals surface area contributed by atoms with E-state index in [0.717, 1.165) is 4.31 Å². The number of hydrogen-bond donors (Lipinski definition) is 0. The molecule has 14 heavy (non-hydrogen) atoms. The van der Waals surface area contributed by atoms with Crippen LogP contribution in [-0.4, -0.2) is 44.6 Å². The molecule has 0 unspecified atom stereocenters. The molecule has 0 aliphatic carbocycles. The maximum absolute atomic E-state index is 11.3. The van der Waals surface area contributed by atoms with E-state index in [-0.39, 0.29) is 13.2 Å². The Hall–Kier alpha value is -1.13. The molecular formula is C7H12N2O4S. The first kappa shape index (κ1) is 12.9. The van der Waals surface area contributed by atoms with E-state index in [1.807, 2.05) is 0 Å². The monoisotopic (exact) mass is 220 g/mol. The van der Waals surface area contributed by atoms with Gasteiger partial charge in [-0.3, -0.25) is 4.79 Å². The Bertz CT molecular complexity index is 330. The van der Waals surface area contributed by atoms with Crippen LogP contribution in [0.4, 0.5) is 0 Å². The van der Waals surface area contributed by atoms with Crippen LogP contribution in [0.3, 0.4) is 0 Å². The first-order chi connectivity index (χ1) is 6.44. The van der Waals surface area contributed by atoms with Crippen molar-refractivity contribution in [2.75, 3.05) is 26.0 Å². The highest BCUT2D eigenvalue weighted by Gasteiger charge is 2.22. The van der Waals surface area contributed by atoms with E-state index in [0.29, 0.717) is 0 Å². The van der Waals surface area contributed by atoms with Gasteiger partial charge >= 0.3 is 5.97 Å². The summed E-state index contributed by atoms with van der Waals surface area (Å²) in [6.07, 6.45) is 0. The largest absolute Gasteiger partial charge is 0.465 e. The molecule has 0 saturated carbocycles. The van der Waals surface area contributed by atoms with Gasteiger partial charge in [0.25, 0.3) is 0 Å². The molecule has 0 N–H and O–H groups in total. The maximum Gasteiger partial charge on any atom is 0.322 e. The van der Waals surface area contributed by atoms with Crippen molar-refractivity contribution in [1.82, 2.24) is 4.31 Å². The van der Waals surface area contributed by atoms with E-state index in [4.69, 9.17) is 5.26 Å². The first-order valence-electron chi connectivity index (χ1n) is 3.90. The topological polar surface area (TPSA) is 87.5 Å². The molecule has 80 valence electrons. The van der Waals surface area contributed by atoms with Crippen LogP contribution in [0, 0.1) is 11.3 Å². The predicted molar refractivity (Wildman–Crippen MR) is 48.7 cm³/mol. The number of rotatable bonds is 5. The van der Waals surface area contributed by atoms with Crippen LogP contribution >= 0.6 is 0 Å². The number of nitrogens with zero attached hydrogens (tertiary/aromatic N) is 2. The van der Waals surface area contributed by atoms with Crippen LogP contribution in [0.15, 0.2) is 0 Å². The summed E-state index contributed by atoms with van der Waals surface area (Å²) in [5, 5.41) is 8.27. The van der Waals surface area contributed by atoms with Gasteiger partial charge in [-0.25, -0.2) is 8.42 Å². The van der Waals surface area contributed by atoms with Crippen molar-refractivity contribution in [2.45, 2.75) is 6.92 Å². The smallest absolute Gasteiger partial charge is 0.322 e. The molecule has 0 aliphatic heterocycles. The fraction of sp³-hybridized carbons (Fsp3) is 0.714. The van der Waals surface area contributed by atoms with Gasteiger partial charge in [0.1, 0.15) is 6.54 Å². The molecule has 6 nitrogen and oxygen atoms in total. The highest BCUT2D eigenvalue weighted by atomic mass is 32.2. The van der Waals surface area contributed by atoms with Gasteiger partial charge < -0.3 is 4.74 Å². The number of ether oxygens (including phenoxy) is 1. The van der Waals surface area contributed by atoms with E-state index in [1.165, 1.54) is 7.05 Å². The molecule has 0 aromatic rings. The second kappa shape index (κ2) is 5.57. The van der Waals surface area contributed by atoms with Crippen molar-refractivity contribution >= 4 is 16.0 Å². The molecule has 0 heterocycles. The third-order valence-electron chi connectivity index (χ3n) is 1.37.